The molecule has 0 amide bonds. The molecule has 0 fully saturated rings. The van der Waals surface area contributed by atoms with Crippen molar-refractivity contribution in [2.75, 3.05) is 0 Å². The Kier molecular flexibility index (Phi) is 2.71. The van der Waals surface area contributed by atoms with E-state index in [0.29, 0.717) is 5.76 Å². The molecule has 0 aliphatic carbocycles. The average molecular weight is 231 g/mol. The van der Waals surface area contributed by atoms with Crippen LogP contribution in [-0.2, 0) is 10.2 Å². The summed E-state index contributed by atoms with van der Waals surface area (Å²) in [5, 5.41) is 9.18. The van der Waals surface area contributed by atoms with E-state index in [4.69, 9.17) is 4.42 Å². The highest BCUT2D eigenvalue weighted by molar-refractivity contribution is 5.80. The molecule has 1 heterocycles. The lowest BCUT2D eigenvalue weighted by atomic mass is 9.84. The largest absolute Gasteiger partial charge is 0.481 e. The number of aliphatic carboxylic acids is 1. The van der Waals surface area contributed by atoms with E-state index in [1.807, 2.05) is 18.2 Å². The van der Waals surface area contributed by atoms with Crippen LogP contribution in [0.25, 0.3) is 11.3 Å². The minimum Gasteiger partial charge on any atom is -0.481 e. The third-order valence-electron chi connectivity index (χ3n) is 2.84. The van der Waals surface area contributed by atoms with E-state index >= 15 is 0 Å². The Labute approximate surface area is 98.9 Å². The van der Waals surface area contributed by atoms with Crippen molar-refractivity contribution in [1.29, 1.82) is 0 Å². The lowest BCUT2D eigenvalue weighted by molar-refractivity contribution is -0.142. The zero-order valence-electron chi connectivity index (χ0n) is 9.68. The van der Waals surface area contributed by atoms with Gasteiger partial charge >= 0.3 is 5.97 Å². The Morgan fingerprint density at radius 1 is 1.41 bits per heavy atom. The van der Waals surface area contributed by atoms with Gasteiger partial charge in [-0.3, -0.25) is 4.79 Å². The molecule has 0 atom stereocenters. The summed E-state index contributed by atoms with van der Waals surface area (Å²) in [6, 6.07) is 7.29. The van der Waals surface area contributed by atoms with Gasteiger partial charge in [0, 0.05) is 5.56 Å². The third-order valence-corrected chi connectivity index (χ3v) is 2.84. The zero-order chi connectivity index (χ0) is 12.5. The molecule has 2 rings (SSSR count). The molecule has 1 aromatic carbocycles. The highest BCUT2D eigenvalue weighted by Crippen LogP contribution is 2.28. The van der Waals surface area contributed by atoms with E-state index in [0.717, 1.165) is 11.1 Å². The summed E-state index contributed by atoms with van der Waals surface area (Å²) in [5.41, 5.74) is 0.643. The minimum atomic E-state index is -0.921. The number of hydrogen-bond donors (Lipinski definition) is 1. The lowest BCUT2D eigenvalue weighted by Crippen LogP contribution is -2.28. The summed E-state index contributed by atoms with van der Waals surface area (Å²) in [6.45, 7) is 3.35. The van der Waals surface area contributed by atoms with Crippen LogP contribution < -0.4 is 0 Å². The molecule has 1 N–H and O–H groups in total. The van der Waals surface area contributed by atoms with Crippen LogP contribution in [0.5, 0.6) is 0 Å². The molecule has 0 unspecified atom stereocenters. The van der Waals surface area contributed by atoms with Crippen LogP contribution in [0.3, 0.4) is 0 Å². The van der Waals surface area contributed by atoms with Crippen LogP contribution in [0.1, 0.15) is 19.4 Å². The standard InChI is InChI=1S/C13H13NO3/c1-13(2,12(15)16)10-5-3-4-9(6-10)11-7-14-8-17-11/h3-8H,1-2H3,(H,15,16). The summed E-state index contributed by atoms with van der Waals surface area (Å²) in [4.78, 5) is 15.0. The van der Waals surface area contributed by atoms with Gasteiger partial charge in [-0.25, -0.2) is 4.98 Å². The molecule has 0 bridgehead atoms. The Morgan fingerprint density at radius 3 is 2.76 bits per heavy atom. The number of benzene rings is 1. The number of carbonyl (C=O) groups is 1. The molecule has 17 heavy (non-hydrogen) atoms. The van der Waals surface area contributed by atoms with Crippen LogP contribution in [-0.4, -0.2) is 16.1 Å². The highest BCUT2D eigenvalue weighted by atomic mass is 16.4. The van der Waals surface area contributed by atoms with E-state index in [1.165, 1.54) is 6.39 Å². The second-order valence-corrected chi connectivity index (χ2v) is 4.38. The Morgan fingerprint density at radius 2 is 2.18 bits per heavy atom. The van der Waals surface area contributed by atoms with E-state index < -0.39 is 11.4 Å². The van der Waals surface area contributed by atoms with Crippen molar-refractivity contribution in [2.45, 2.75) is 19.3 Å². The van der Waals surface area contributed by atoms with Crippen LogP contribution in [0.15, 0.2) is 41.3 Å². The highest BCUT2D eigenvalue weighted by Gasteiger charge is 2.29. The Hall–Kier alpha value is -2.10. The predicted octanol–water partition coefficient (Wildman–Crippen LogP) is 2.70. The summed E-state index contributed by atoms with van der Waals surface area (Å²) in [6.07, 6.45) is 2.96. The normalized spacial score (nSPS) is 11.4. The van der Waals surface area contributed by atoms with Gasteiger partial charge in [-0.1, -0.05) is 18.2 Å². The molecule has 2 aromatic rings. The quantitative estimate of drug-likeness (QED) is 0.882. The molecule has 4 nitrogen and oxygen atoms in total. The van der Waals surface area contributed by atoms with Crippen LogP contribution in [0, 0.1) is 0 Å². The third kappa shape index (κ3) is 2.06. The van der Waals surface area contributed by atoms with Gasteiger partial charge in [0.25, 0.3) is 0 Å². The molecule has 0 saturated heterocycles. The van der Waals surface area contributed by atoms with Crippen molar-refractivity contribution in [1.82, 2.24) is 4.98 Å². The fourth-order valence-electron chi connectivity index (χ4n) is 1.54. The second-order valence-electron chi connectivity index (χ2n) is 4.38. The average Bonchev–Trinajstić information content (AvgIpc) is 2.82. The van der Waals surface area contributed by atoms with Crippen molar-refractivity contribution >= 4 is 5.97 Å². The SMILES string of the molecule is CC(C)(C(=O)O)c1cccc(-c2cnco2)c1. The number of aromatic nitrogens is 1. The van der Waals surface area contributed by atoms with E-state index in [1.54, 1.807) is 26.1 Å². The Balaban J connectivity index is 2.46. The molecular formula is C13H13NO3. The molecule has 0 aliphatic rings. The van der Waals surface area contributed by atoms with E-state index in [9.17, 15) is 9.90 Å². The van der Waals surface area contributed by atoms with Gasteiger partial charge in [-0.2, -0.15) is 0 Å². The monoisotopic (exact) mass is 231 g/mol. The number of rotatable bonds is 3. The maximum Gasteiger partial charge on any atom is 0.313 e. The zero-order valence-corrected chi connectivity index (χ0v) is 9.68. The fraction of sp³-hybridized carbons (Fsp3) is 0.231. The van der Waals surface area contributed by atoms with E-state index in [2.05, 4.69) is 4.98 Å². The van der Waals surface area contributed by atoms with Crippen LogP contribution >= 0.6 is 0 Å². The molecule has 0 aliphatic heterocycles. The van der Waals surface area contributed by atoms with Gasteiger partial charge in [0.05, 0.1) is 11.6 Å². The van der Waals surface area contributed by atoms with Gasteiger partial charge in [0.1, 0.15) is 0 Å². The molecule has 88 valence electrons. The molecule has 1 aromatic heterocycles. The van der Waals surface area contributed by atoms with Gasteiger partial charge in [-0.05, 0) is 25.5 Å². The minimum absolute atomic E-state index is 0.632. The number of carboxylic acids is 1. The number of nitrogens with zero attached hydrogens (tertiary/aromatic N) is 1. The summed E-state index contributed by atoms with van der Waals surface area (Å²) in [5.74, 6) is -0.222. The molecular weight excluding hydrogens is 218 g/mol. The summed E-state index contributed by atoms with van der Waals surface area (Å²) >= 11 is 0. The van der Waals surface area contributed by atoms with Crippen LogP contribution in [0.4, 0.5) is 0 Å². The fourth-order valence-corrected chi connectivity index (χ4v) is 1.54. The molecule has 0 spiro atoms. The predicted molar refractivity (Wildman–Crippen MR) is 62.6 cm³/mol. The summed E-state index contributed by atoms with van der Waals surface area (Å²) in [7, 11) is 0. The molecule has 0 radical (unpaired) electrons. The molecule has 4 heteroatoms. The first-order chi connectivity index (χ1) is 8.01. The van der Waals surface area contributed by atoms with E-state index in [-0.39, 0.29) is 0 Å². The Bertz CT molecular complexity index is 529. The van der Waals surface area contributed by atoms with Crippen LogP contribution in [0.2, 0.25) is 0 Å². The maximum absolute atomic E-state index is 11.2. The first kappa shape index (κ1) is 11.4. The van der Waals surface area contributed by atoms with Crippen molar-refractivity contribution in [3.63, 3.8) is 0 Å². The summed E-state index contributed by atoms with van der Waals surface area (Å²) < 4.78 is 5.19. The molecule has 0 saturated carbocycles. The number of hydrogen-bond acceptors (Lipinski definition) is 3. The number of carboxylic acid groups (broad SMARTS) is 1. The first-order valence-corrected chi connectivity index (χ1v) is 5.24. The van der Waals surface area contributed by atoms with Gasteiger partial charge in [0.2, 0.25) is 0 Å². The van der Waals surface area contributed by atoms with Crippen molar-refractivity contribution in [3.05, 3.63) is 42.4 Å². The second kappa shape index (κ2) is 4.05. The maximum atomic E-state index is 11.2. The van der Waals surface area contributed by atoms with Crippen molar-refractivity contribution in [2.24, 2.45) is 0 Å². The first-order valence-electron chi connectivity index (χ1n) is 5.24. The van der Waals surface area contributed by atoms with Gasteiger partial charge in [0.15, 0.2) is 12.2 Å². The topological polar surface area (TPSA) is 63.3 Å². The smallest absolute Gasteiger partial charge is 0.313 e. The van der Waals surface area contributed by atoms with Crippen molar-refractivity contribution < 1.29 is 14.3 Å². The van der Waals surface area contributed by atoms with Gasteiger partial charge in [-0.15, -0.1) is 0 Å². The van der Waals surface area contributed by atoms with Gasteiger partial charge < -0.3 is 9.52 Å². The lowest BCUT2D eigenvalue weighted by Gasteiger charge is -2.20. The van der Waals surface area contributed by atoms with Crippen molar-refractivity contribution in [3.8, 4) is 11.3 Å². The number of oxazole rings is 1.